The lowest BCUT2D eigenvalue weighted by atomic mass is 10.1. The van der Waals surface area contributed by atoms with E-state index in [0.29, 0.717) is 18.3 Å². The molecule has 1 aromatic carbocycles. The van der Waals surface area contributed by atoms with Crippen molar-refractivity contribution < 1.29 is 14.3 Å². The van der Waals surface area contributed by atoms with Gasteiger partial charge in [-0.1, -0.05) is 18.2 Å². The molecule has 25 heavy (non-hydrogen) atoms. The molecule has 0 saturated heterocycles. The second-order valence-corrected chi connectivity index (χ2v) is 6.27. The minimum atomic E-state index is -1.34. The quantitative estimate of drug-likeness (QED) is 0.910. The van der Waals surface area contributed by atoms with E-state index in [4.69, 9.17) is 0 Å². The highest BCUT2D eigenvalue weighted by atomic mass is 19.1. The third-order valence-corrected chi connectivity index (χ3v) is 4.33. The van der Waals surface area contributed by atoms with Crippen LogP contribution in [0.1, 0.15) is 28.8 Å². The number of carbonyl (C=O) groups is 1. The number of aromatic nitrogens is 1. The number of carboxylic acids is 1. The Balaban J connectivity index is 2.15. The van der Waals surface area contributed by atoms with Gasteiger partial charge in [-0.15, -0.1) is 0 Å². The Bertz CT molecular complexity index is 1000. The van der Waals surface area contributed by atoms with Crippen LogP contribution in [-0.4, -0.2) is 29.7 Å². The zero-order valence-corrected chi connectivity index (χ0v) is 14.1. The summed E-state index contributed by atoms with van der Waals surface area (Å²) in [6.45, 7) is 0.361. The molecule has 5 nitrogen and oxygen atoms in total. The summed E-state index contributed by atoms with van der Waals surface area (Å²) in [7, 11) is 3.89. The molecule has 0 unspecified atom stereocenters. The van der Waals surface area contributed by atoms with Crippen LogP contribution in [0.3, 0.4) is 0 Å². The third-order valence-electron chi connectivity index (χ3n) is 4.33. The lowest BCUT2D eigenvalue weighted by Gasteiger charge is -2.15. The van der Waals surface area contributed by atoms with Crippen LogP contribution in [0.15, 0.2) is 35.3 Å². The fourth-order valence-electron chi connectivity index (χ4n) is 3.00. The zero-order valence-electron chi connectivity index (χ0n) is 14.1. The number of pyridine rings is 1. The predicted molar refractivity (Wildman–Crippen MR) is 95.0 cm³/mol. The number of fused-ring (bicyclic) bond motifs is 1. The summed E-state index contributed by atoms with van der Waals surface area (Å²) in [5, 5.41) is 9.62. The second kappa shape index (κ2) is 6.55. The van der Waals surface area contributed by atoms with Gasteiger partial charge in [-0.25, -0.2) is 9.18 Å². The molecule has 0 fully saturated rings. The highest BCUT2D eigenvalue weighted by Crippen LogP contribution is 2.13. The van der Waals surface area contributed by atoms with Crippen molar-refractivity contribution in [3.63, 3.8) is 0 Å². The van der Waals surface area contributed by atoms with E-state index >= 15 is 0 Å². The van der Waals surface area contributed by atoms with Gasteiger partial charge in [0.25, 0.3) is 0 Å². The Hall–Kier alpha value is -2.89. The normalized spacial score (nSPS) is 13.2. The number of benzene rings is 1. The van der Waals surface area contributed by atoms with Gasteiger partial charge in [0.1, 0.15) is 11.4 Å². The maximum Gasteiger partial charge on any atom is 0.341 e. The molecule has 1 aromatic heterocycles. The molecule has 0 amide bonds. The first-order valence-corrected chi connectivity index (χ1v) is 8.00. The monoisotopic (exact) mass is 342 g/mol. The van der Waals surface area contributed by atoms with Gasteiger partial charge in [0.15, 0.2) is 0 Å². The molecule has 1 aliphatic carbocycles. The van der Waals surface area contributed by atoms with Gasteiger partial charge in [-0.05, 0) is 24.1 Å². The van der Waals surface area contributed by atoms with Gasteiger partial charge in [0.2, 0.25) is 5.43 Å². The summed E-state index contributed by atoms with van der Waals surface area (Å²) in [6.07, 6.45) is 3.71. The van der Waals surface area contributed by atoms with E-state index in [1.807, 2.05) is 43.3 Å². The lowest BCUT2D eigenvalue weighted by molar-refractivity contribution is 0.0694. The van der Waals surface area contributed by atoms with Gasteiger partial charge >= 0.3 is 5.97 Å². The van der Waals surface area contributed by atoms with Crippen molar-refractivity contribution in [1.29, 1.82) is 0 Å². The van der Waals surface area contributed by atoms with Gasteiger partial charge in [-0.2, -0.15) is 0 Å². The molecule has 0 radical (unpaired) electrons. The zero-order chi connectivity index (χ0) is 18.1. The molecular formula is C19H19FN2O3. The van der Waals surface area contributed by atoms with Crippen molar-refractivity contribution in [3.05, 3.63) is 62.4 Å². The number of hydrogen-bond acceptors (Lipinski definition) is 3. The van der Waals surface area contributed by atoms with Gasteiger partial charge in [0.05, 0.1) is 10.6 Å². The number of hydrogen-bond donors (Lipinski definition) is 1. The van der Waals surface area contributed by atoms with E-state index in [-0.39, 0.29) is 11.6 Å². The Morgan fingerprint density at radius 2 is 1.96 bits per heavy atom. The van der Waals surface area contributed by atoms with Crippen molar-refractivity contribution in [2.45, 2.75) is 19.4 Å². The molecule has 6 heteroatoms. The van der Waals surface area contributed by atoms with Crippen molar-refractivity contribution in [2.24, 2.45) is 0 Å². The molecule has 1 aliphatic rings. The highest BCUT2D eigenvalue weighted by molar-refractivity contribution is 5.87. The lowest BCUT2D eigenvalue weighted by Crippen LogP contribution is -2.49. The Morgan fingerprint density at radius 3 is 2.56 bits per heavy atom. The summed E-state index contributed by atoms with van der Waals surface area (Å²) in [5.74, 6) is -1.88. The van der Waals surface area contributed by atoms with E-state index in [0.717, 1.165) is 11.3 Å². The molecule has 0 saturated carbocycles. The number of halogens is 1. The molecule has 0 aliphatic heterocycles. The third kappa shape index (κ3) is 3.20. The SMILES string of the molecule is CN(C)c1ccc(Cn2cc(C(=O)O)c(=O)c3c2=CCCC=3F)cc1. The summed E-state index contributed by atoms with van der Waals surface area (Å²) < 4.78 is 15.9. The van der Waals surface area contributed by atoms with E-state index in [9.17, 15) is 19.1 Å². The fraction of sp³-hybridized carbons (Fsp3) is 0.263. The molecule has 1 N–H and O–H groups in total. The van der Waals surface area contributed by atoms with Crippen LogP contribution in [-0.2, 0) is 6.54 Å². The van der Waals surface area contributed by atoms with Crippen LogP contribution in [0.4, 0.5) is 10.1 Å². The number of nitrogens with zero attached hydrogens (tertiary/aromatic N) is 2. The molecule has 1 heterocycles. The second-order valence-electron chi connectivity index (χ2n) is 6.27. The fourth-order valence-corrected chi connectivity index (χ4v) is 3.00. The molecule has 2 aromatic rings. The first-order chi connectivity index (χ1) is 11.9. The summed E-state index contributed by atoms with van der Waals surface area (Å²) in [6, 6.07) is 7.78. The van der Waals surface area contributed by atoms with Crippen molar-refractivity contribution >= 4 is 23.6 Å². The molecule has 0 bridgehead atoms. The first kappa shape index (κ1) is 17.0. The summed E-state index contributed by atoms with van der Waals surface area (Å²) in [5.41, 5.74) is 0.819. The van der Waals surface area contributed by atoms with Crippen LogP contribution in [0.5, 0.6) is 0 Å². The standard InChI is InChI=1S/C19H19FN2O3/c1-21(2)13-8-6-12(7-9-13)10-22-11-14(19(24)25)18(23)17-15(20)4-3-5-16(17)22/h5-9,11H,3-4,10H2,1-2H3,(H,24,25). The largest absolute Gasteiger partial charge is 0.477 e. The van der Waals surface area contributed by atoms with Gasteiger partial charge in [0, 0.05) is 38.9 Å². The van der Waals surface area contributed by atoms with Crippen LogP contribution >= 0.6 is 0 Å². The molecule has 3 rings (SSSR count). The minimum Gasteiger partial charge on any atom is -0.477 e. The highest BCUT2D eigenvalue weighted by Gasteiger charge is 2.17. The van der Waals surface area contributed by atoms with Crippen LogP contribution < -0.4 is 20.9 Å². The van der Waals surface area contributed by atoms with E-state index in [2.05, 4.69) is 0 Å². The number of aromatic carboxylic acids is 1. The average Bonchev–Trinajstić information content (AvgIpc) is 2.57. The Kier molecular flexibility index (Phi) is 4.44. The van der Waals surface area contributed by atoms with Crippen LogP contribution in [0, 0.1) is 0 Å². The van der Waals surface area contributed by atoms with Crippen molar-refractivity contribution in [1.82, 2.24) is 4.57 Å². The van der Waals surface area contributed by atoms with Gasteiger partial charge in [-0.3, -0.25) is 4.79 Å². The van der Waals surface area contributed by atoms with Crippen LogP contribution in [0.25, 0.3) is 11.9 Å². The number of carboxylic acid groups (broad SMARTS) is 1. The maximum absolute atomic E-state index is 14.2. The number of rotatable bonds is 4. The topological polar surface area (TPSA) is 62.5 Å². The average molecular weight is 342 g/mol. The number of anilines is 1. The first-order valence-electron chi connectivity index (χ1n) is 8.00. The smallest absolute Gasteiger partial charge is 0.341 e. The molecule has 0 spiro atoms. The predicted octanol–water partition coefficient (Wildman–Crippen LogP) is 1.31. The van der Waals surface area contributed by atoms with E-state index in [1.165, 1.54) is 6.20 Å². The maximum atomic E-state index is 14.2. The minimum absolute atomic E-state index is 0.115. The van der Waals surface area contributed by atoms with Gasteiger partial charge < -0.3 is 14.6 Å². The Labute approximate surface area is 143 Å². The molecule has 130 valence electrons. The Morgan fingerprint density at radius 1 is 1.28 bits per heavy atom. The van der Waals surface area contributed by atoms with Crippen molar-refractivity contribution in [2.75, 3.05) is 19.0 Å². The molecular weight excluding hydrogens is 323 g/mol. The van der Waals surface area contributed by atoms with Crippen LogP contribution in [0.2, 0.25) is 0 Å². The molecule has 0 atom stereocenters. The van der Waals surface area contributed by atoms with E-state index in [1.54, 1.807) is 10.6 Å². The van der Waals surface area contributed by atoms with E-state index < -0.39 is 22.8 Å². The van der Waals surface area contributed by atoms with Crippen molar-refractivity contribution in [3.8, 4) is 0 Å². The summed E-state index contributed by atoms with van der Waals surface area (Å²) >= 11 is 0. The summed E-state index contributed by atoms with van der Waals surface area (Å²) in [4.78, 5) is 25.7.